The van der Waals surface area contributed by atoms with Crippen molar-refractivity contribution >= 4 is 33.7 Å². The fourth-order valence-electron chi connectivity index (χ4n) is 1.96. The lowest BCUT2D eigenvalue weighted by atomic mass is 10.3. The summed E-state index contributed by atoms with van der Waals surface area (Å²) in [5.74, 6) is 0.545. The molecule has 0 saturated carbocycles. The van der Waals surface area contributed by atoms with Crippen molar-refractivity contribution in [2.24, 2.45) is 0 Å². The number of pyridine rings is 1. The molecule has 4 aromatic heterocycles. The van der Waals surface area contributed by atoms with Gasteiger partial charge in [-0.1, -0.05) is 17.4 Å². The van der Waals surface area contributed by atoms with E-state index < -0.39 is 0 Å². The van der Waals surface area contributed by atoms with Crippen LogP contribution in [0, 0.1) is 0 Å². The fourth-order valence-corrected chi connectivity index (χ4v) is 3.59. The van der Waals surface area contributed by atoms with Gasteiger partial charge in [0.05, 0.1) is 4.53 Å². The number of hydrogen-bond donors (Lipinski definition) is 0. The van der Waals surface area contributed by atoms with Gasteiger partial charge in [-0.2, -0.15) is 9.50 Å². The van der Waals surface area contributed by atoms with Crippen molar-refractivity contribution in [3.8, 4) is 11.4 Å². The Morgan fingerprint density at radius 2 is 2.05 bits per heavy atom. The van der Waals surface area contributed by atoms with Gasteiger partial charge in [-0.05, 0) is 29.7 Å². The van der Waals surface area contributed by atoms with Crippen molar-refractivity contribution < 1.29 is 0 Å². The molecule has 102 valence electrons. The van der Waals surface area contributed by atoms with Gasteiger partial charge >= 0.3 is 0 Å². The van der Waals surface area contributed by atoms with Crippen molar-refractivity contribution in [1.82, 2.24) is 19.6 Å². The Morgan fingerprint density at radius 3 is 2.76 bits per heavy atom. The lowest BCUT2D eigenvalue weighted by molar-refractivity contribution is 0.936. The molecule has 0 aromatic carbocycles. The van der Waals surface area contributed by atoms with E-state index in [0.29, 0.717) is 15.3 Å². The minimum Gasteiger partial charge on any atom is -0.266 e. The molecule has 0 atom stereocenters. The molecular weight excluding hydrogens is 304 g/mol. The maximum Gasteiger partial charge on any atom is 0.291 e. The van der Waals surface area contributed by atoms with Gasteiger partial charge in [0.1, 0.15) is 0 Å². The minimum absolute atomic E-state index is 0.129. The molecule has 0 bridgehead atoms. The van der Waals surface area contributed by atoms with Crippen LogP contribution in [0.5, 0.6) is 0 Å². The third-order valence-electron chi connectivity index (χ3n) is 2.94. The highest BCUT2D eigenvalue weighted by molar-refractivity contribution is 7.15. The summed E-state index contributed by atoms with van der Waals surface area (Å²) in [5, 5.41) is 6.27. The number of nitrogens with zero attached hydrogens (tertiary/aromatic N) is 4. The maximum absolute atomic E-state index is 12.3. The lowest BCUT2D eigenvalue weighted by Gasteiger charge is -1.90. The number of aromatic nitrogens is 4. The molecule has 0 fully saturated rings. The van der Waals surface area contributed by atoms with Crippen molar-refractivity contribution in [3.05, 3.63) is 61.8 Å². The Bertz CT molecular complexity index is 1000. The average Bonchev–Trinajstić information content (AvgIpc) is 3.21. The molecule has 4 rings (SSSR count). The predicted octanol–water partition coefficient (Wildman–Crippen LogP) is 1.82. The van der Waals surface area contributed by atoms with E-state index in [1.165, 1.54) is 15.9 Å². The summed E-state index contributed by atoms with van der Waals surface area (Å²) in [6.07, 6.45) is 5.23. The average molecular weight is 312 g/mol. The van der Waals surface area contributed by atoms with Crippen LogP contribution < -0.4 is 10.1 Å². The zero-order valence-corrected chi connectivity index (χ0v) is 12.3. The van der Waals surface area contributed by atoms with Crippen LogP contribution in [0.4, 0.5) is 0 Å². The highest BCUT2D eigenvalue weighted by Gasteiger charge is 2.11. The van der Waals surface area contributed by atoms with Gasteiger partial charge in [0.25, 0.3) is 5.56 Å². The van der Waals surface area contributed by atoms with E-state index in [9.17, 15) is 4.79 Å². The summed E-state index contributed by atoms with van der Waals surface area (Å²) in [5.41, 5.74) is 0.722. The quantitative estimate of drug-likeness (QED) is 0.566. The second kappa shape index (κ2) is 4.87. The van der Waals surface area contributed by atoms with Crippen LogP contribution in [0.3, 0.4) is 0 Å². The van der Waals surface area contributed by atoms with Gasteiger partial charge in [-0.3, -0.25) is 9.78 Å². The van der Waals surface area contributed by atoms with Gasteiger partial charge in [0.15, 0.2) is 5.82 Å². The van der Waals surface area contributed by atoms with E-state index in [1.54, 1.807) is 23.7 Å². The highest BCUT2D eigenvalue weighted by Crippen LogP contribution is 2.15. The van der Waals surface area contributed by atoms with Crippen LogP contribution in [0.25, 0.3) is 22.4 Å². The maximum atomic E-state index is 12.3. The number of thiazole rings is 1. The molecule has 0 amide bonds. The van der Waals surface area contributed by atoms with Gasteiger partial charge < -0.3 is 0 Å². The molecule has 0 aliphatic rings. The van der Waals surface area contributed by atoms with E-state index >= 15 is 0 Å². The van der Waals surface area contributed by atoms with Gasteiger partial charge in [0, 0.05) is 22.8 Å². The Morgan fingerprint density at radius 1 is 1.19 bits per heavy atom. The predicted molar refractivity (Wildman–Crippen MR) is 83.5 cm³/mol. The van der Waals surface area contributed by atoms with E-state index in [2.05, 4.69) is 15.1 Å². The molecule has 0 spiro atoms. The van der Waals surface area contributed by atoms with E-state index in [-0.39, 0.29) is 5.56 Å². The Hall–Kier alpha value is -2.38. The highest BCUT2D eigenvalue weighted by atomic mass is 32.1. The van der Waals surface area contributed by atoms with Crippen molar-refractivity contribution in [2.45, 2.75) is 0 Å². The van der Waals surface area contributed by atoms with E-state index in [4.69, 9.17) is 0 Å². The van der Waals surface area contributed by atoms with Crippen LogP contribution >= 0.6 is 22.7 Å². The van der Waals surface area contributed by atoms with Gasteiger partial charge in [-0.15, -0.1) is 16.4 Å². The molecule has 21 heavy (non-hydrogen) atoms. The summed E-state index contributed by atoms with van der Waals surface area (Å²) < 4.78 is 2.01. The zero-order chi connectivity index (χ0) is 14.2. The number of thiophene rings is 1. The molecule has 4 aromatic rings. The van der Waals surface area contributed by atoms with E-state index in [1.807, 2.05) is 35.7 Å². The molecule has 0 radical (unpaired) electrons. The first-order chi connectivity index (χ1) is 10.3. The lowest BCUT2D eigenvalue weighted by Crippen LogP contribution is -2.23. The third kappa shape index (κ3) is 2.16. The summed E-state index contributed by atoms with van der Waals surface area (Å²) in [6.45, 7) is 0. The van der Waals surface area contributed by atoms with Crippen molar-refractivity contribution in [3.63, 3.8) is 0 Å². The largest absolute Gasteiger partial charge is 0.291 e. The topological polar surface area (TPSA) is 60.2 Å². The molecule has 0 aliphatic carbocycles. The van der Waals surface area contributed by atoms with Gasteiger partial charge in [-0.25, -0.2) is 0 Å². The fraction of sp³-hybridized carbons (Fsp3) is 0. The van der Waals surface area contributed by atoms with E-state index in [0.717, 1.165) is 10.4 Å². The number of rotatable bonds is 2. The van der Waals surface area contributed by atoms with Crippen molar-refractivity contribution in [1.29, 1.82) is 0 Å². The molecule has 0 N–H and O–H groups in total. The van der Waals surface area contributed by atoms with Crippen molar-refractivity contribution in [2.75, 3.05) is 0 Å². The first-order valence-electron chi connectivity index (χ1n) is 6.16. The second-order valence-corrected chi connectivity index (χ2v) is 6.29. The third-order valence-corrected chi connectivity index (χ3v) is 4.72. The summed E-state index contributed by atoms with van der Waals surface area (Å²) in [7, 11) is 0. The Labute approximate surface area is 126 Å². The molecule has 0 saturated heterocycles. The number of fused-ring (bicyclic) bond motifs is 1. The number of hydrogen-bond acceptors (Lipinski definition) is 6. The Kier molecular flexibility index (Phi) is 2.87. The van der Waals surface area contributed by atoms with Crippen LogP contribution in [0.15, 0.2) is 46.8 Å². The first-order valence-corrected chi connectivity index (χ1v) is 7.86. The Balaban J connectivity index is 1.87. The molecule has 4 heterocycles. The summed E-state index contributed by atoms with van der Waals surface area (Å²) in [4.78, 5) is 22.4. The normalized spacial score (nSPS) is 12.3. The van der Waals surface area contributed by atoms with Gasteiger partial charge in [0.2, 0.25) is 4.96 Å². The molecular formula is C14H8N4OS2. The second-order valence-electron chi connectivity index (χ2n) is 4.30. The SMILES string of the molecule is O=c1c(=Cc2cccs2)sc2nc(-c3ccncc3)nn12. The summed E-state index contributed by atoms with van der Waals surface area (Å²) >= 11 is 2.94. The molecule has 7 heteroatoms. The zero-order valence-electron chi connectivity index (χ0n) is 10.6. The minimum atomic E-state index is -0.129. The molecule has 0 unspecified atom stereocenters. The molecule has 0 aliphatic heterocycles. The van der Waals surface area contributed by atoms with Crippen LogP contribution in [-0.4, -0.2) is 19.6 Å². The van der Waals surface area contributed by atoms with Crippen LogP contribution in [0.1, 0.15) is 4.88 Å². The summed E-state index contributed by atoms with van der Waals surface area (Å²) in [6, 6.07) is 7.58. The monoisotopic (exact) mass is 312 g/mol. The standard InChI is InChI=1S/C14H8N4OS2/c19-13-11(8-10-2-1-7-20-10)21-14-16-12(17-18(13)14)9-3-5-15-6-4-9/h1-8H. The van der Waals surface area contributed by atoms with Crippen LogP contribution in [-0.2, 0) is 0 Å². The smallest absolute Gasteiger partial charge is 0.266 e. The molecule has 5 nitrogen and oxygen atoms in total. The first kappa shape index (κ1) is 12.4. The van der Waals surface area contributed by atoms with Crippen LogP contribution in [0.2, 0.25) is 0 Å².